The Hall–Kier alpha value is 0.0631. The van der Waals surface area contributed by atoms with Gasteiger partial charge in [0, 0.05) is 0 Å². The average molecular weight is 388 g/mol. The van der Waals surface area contributed by atoms with Crippen molar-refractivity contribution in [3.63, 3.8) is 0 Å². The van der Waals surface area contributed by atoms with Gasteiger partial charge in [-0.05, 0) is 0 Å². The molecule has 78 valence electrons. The van der Waals surface area contributed by atoms with E-state index in [1.165, 1.54) is 8.26 Å². The van der Waals surface area contributed by atoms with Crippen LogP contribution in [0.25, 0.3) is 0 Å². The summed E-state index contributed by atoms with van der Waals surface area (Å²) < 4.78 is 3.80. The summed E-state index contributed by atoms with van der Waals surface area (Å²) in [6.45, 7) is 4.55. The number of hydrogen-bond acceptors (Lipinski definition) is 1. The molecule has 0 spiro atoms. The van der Waals surface area contributed by atoms with Gasteiger partial charge >= 0.3 is 95.1 Å². The van der Waals surface area contributed by atoms with E-state index in [-0.39, 0.29) is 6.10 Å². The van der Waals surface area contributed by atoms with Crippen LogP contribution in [0.1, 0.15) is 25.5 Å². The van der Waals surface area contributed by atoms with Gasteiger partial charge in [0.25, 0.3) is 0 Å². The van der Waals surface area contributed by atoms with E-state index in [4.69, 9.17) is 0 Å². The van der Waals surface area contributed by atoms with Crippen LogP contribution in [-0.2, 0) is 0 Å². The third kappa shape index (κ3) is 3.67. The molecule has 1 unspecified atom stereocenters. The van der Waals surface area contributed by atoms with Crippen LogP contribution in [0.4, 0.5) is 0 Å². The SMILES string of the molecule is C[CH2][Bi]([CH2]C)[CH2]C(O)c1ccccc1. The van der Waals surface area contributed by atoms with Crippen LogP contribution in [-0.4, -0.2) is 26.9 Å². The van der Waals surface area contributed by atoms with E-state index in [0.29, 0.717) is 0 Å². The Kier molecular flexibility index (Phi) is 5.66. The summed E-state index contributed by atoms with van der Waals surface area (Å²) in [5.74, 6) is 0. The van der Waals surface area contributed by atoms with Gasteiger partial charge in [-0.15, -0.1) is 0 Å². The third-order valence-corrected chi connectivity index (χ3v) is 12.8. The van der Waals surface area contributed by atoms with Gasteiger partial charge in [0.2, 0.25) is 0 Å². The van der Waals surface area contributed by atoms with Crippen LogP contribution in [0.2, 0.25) is 12.4 Å². The molecule has 1 aromatic carbocycles. The van der Waals surface area contributed by atoms with Crippen molar-refractivity contribution < 1.29 is 5.11 Å². The zero-order chi connectivity index (χ0) is 10.4. The summed E-state index contributed by atoms with van der Waals surface area (Å²) in [6.07, 6.45) is -0.200. The fourth-order valence-electron chi connectivity index (χ4n) is 1.51. The van der Waals surface area contributed by atoms with Crippen LogP contribution < -0.4 is 0 Å². The van der Waals surface area contributed by atoms with Crippen LogP contribution >= 0.6 is 0 Å². The van der Waals surface area contributed by atoms with Crippen molar-refractivity contribution in [1.82, 2.24) is 0 Å². The molecule has 0 saturated carbocycles. The van der Waals surface area contributed by atoms with E-state index in [2.05, 4.69) is 13.8 Å². The topological polar surface area (TPSA) is 20.2 Å². The van der Waals surface area contributed by atoms with E-state index in [1.54, 1.807) is 0 Å². The first-order chi connectivity index (χ1) is 6.77. The molecule has 0 amide bonds. The van der Waals surface area contributed by atoms with Gasteiger partial charge in [0.05, 0.1) is 0 Å². The van der Waals surface area contributed by atoms with Gasteiger partial charge in [-0.3, -0.25) is 0 Å². The Morgan fingerprint density at radius 2 is 1.71 bits per heavy atom. The van der Waals surface area contributed by atoms with Crippen molar-refractivity contribution in [3.05, 3.63) is 35.9 Å². The van der Waals surface area contributed by atoms with Crippen molar-refractivity contribution in [2.45, 2.75) is 32.3 Å². The Morgan fingerprint density at radius 1 is 1.14 bits per heavy atom. The summed E-state index contributed by atoms with van der Waals surface area (Å²) in [4.78, 5) is 0. The van der Waals surface area contributed by atoms with Crippen molar-refractivity contribution in [1.29, 1.82) is 0 Å². The Balaban J connectivity index is 2.54. The minimum atomic E-state index is -1.28. The molecular weight excluding hydrogens is 369 g/mol. The molecule has 0 radical (unpaired) electrons. The second-order valence-electron chi connectivity index (χ2n) is 3.41. The second kappa shape index (κ2) is 6.53. The van der Waals surface area contributed by atoms with Crippen LogP contribution in [0.5, 0.6) is 0 Å². The van der Waals surface area contributed by atoms with Gasteiger partial charge in [0.1, 0.15) is 0 Å². The van der Waals surface area contributed by atoms with Crippen LogP contribution in [0, 0.1) is 0 Å². The monoisotopic (exact) mass is 388 g/mol. The maximum atomic E-state index is 10.0. The van der Waals surface area contributed by atoms with Gasteiger partial charge in [-0.1, -0.05) is 0 Å². The average Bonchev–Trinajstić information content (AvgIpc) is 2.26. The van der Waals surface area contributed by atoms with E-state index in [1.807, 2.05) is 30.3 Å². The van der Waals surface area contributed by atoms with Gasteiger partial charge in [-0.2, -0.15) is 0 Å². The predicted octanol–water partition coefficient (Wildman–Crippen LogP) is 3.25. The van der Waals surface area contributed by atoms with Gasteiger partial charge in [-0.25, -0.2) is 0 Å². The summed E-state index contributed by atoms with van der Waals surface area (Å²) in [6, 6.07) is 10.0. The molecule has 2 heteroatoms. The van der Waals surface area contributed by atoms with Crippen LogP contribution in [0.15, 0.2) is 30.3 Å². The molecule has 1 rings (SSSR count). The molecule has 1 nitrogen and oxygen atoms in total. The van der Waals surface area contributed by atoms with E-state index in [0.717, 1.165) is 9.69 Å². The fraction of sp³-hybridized carbons (Fsp3) is 0.500. The molecular formula is C12H19BiO. The molecule has 0 aliphatic rings. The summed E-state index contributed by atoms with van der Waals surface area (Å²) in [7, 11) is 0. The molecule has 0 aromatic heterocycles. The third-order valence-electron chi connectivity index (χ3n) is 2.51. The molecule has 0 heterocycles. The molecule has 1 atom stereocenters. The first kappa shape index (κ1) is 12.1. The molecule has 14 heavy (non-hydrogen) atoms. The fourth-order valence-corrected chi connectivity index (χ4v) is 7.97. The van der Waals surface area contributed by atoms with E-state index in [9.17, 15) is 5.11 Å². The molecule has 0 aliphatic carbocycles. The zero-order valence-corrected chi connectivity index (χ0v) is 12.5. The van der Waals surface area contributed by atoms with Gasteiger partial charge < -0.3 is 0 Å². The van der Waals surface area contributed by atoms with Crippen molar-refractivity contribution >= 4 is 21.8 Å². The number of hydrogen-bond donors (Lipinski definition) is 1. The summed E-state index contributed by atoms with van der Waals surface area (Å²) >= 11 is -1.28. The molecule has 1 N–H and O–H groups in total. The summed E-state index contributed by atoms with van der Waals surface area (Å²) in [5, 5.41) is 10.0. The number of aliphatic hydroxyl groups is 1. The molecule has 0 saturated heterocycles. The standard InChI is InChI=1S/C8H9O.2C2H5.Bi/c1-7(9)8-5-3-2-4-6-8;2*1-2;/h2-7,9H,1H2;2*1H2,2H3;. The van der Waals surface area contributed by atoms with E-state index >= 15 is 0 Å². The van der Waals surface area contributed by atoms with E-state index < -0.39 is 21.8 Å². The predicted molar refractivity (Wildman–Crippen MR) is 62.9 cm³/mol. The molecule has 0 aliphatic heterocycles. The van der Waals surface area contributed by atoms with Crippen molar-refractivity contribution in [2.75, 3.05) is 0 Å². The number of benzene rings is 1. The number of rotatable bonds is 5. The van der Waals surface area contributed by atoms with Crippen LogP contribution in [0.3, 0.4) is 0 Å². The Morgan fingerprint density at radius 3 is 2.21 bits per heavy atom. The zero-order valence-electron chi connectivity index (χ0n) is 8.98. The first-order valence-corrected chi connectivity index (χ1v) is 12.6. The quantitative estimate of drug-likeness (QED) is 0.768. The molecule has 1 aromatic rings. The second-order valence-corrected chi connectivity index (χ2v) is 15.0. The maximum absolute atomic E-state index is 10.0. The number of aliphatic hydroxyl groups excluding tert-OH is 1. The molecule has 0 fully saturated rings. The summed E-state index contributed by atoms with van der Waals surface area (Å²) in [5.41, 5.74) is 1.09. The Bertz CT molecular complexity index is 244. The van der Waals surface area contributed by atoms with Crippen molar-refractivity contribution in [2.24, 2.45) is 0 Å². The van der Waals surface area contributed by atoms with Crippen molar-refractivity contribution in [3.8, 4) is 0 Å². The molecule has 0 bridgehead atoms. The Labute approximate surface area is 94.8 Å². The van der Waals surface area contributed by atoms with Gasteiger partial charge in [0.15, 0.2) is 0 Å². The first-order valence-electron chi connectivity index (χ1n) is 5.23. The minimum absolute atomic E-state index is 0.200. The normalized spacial score (nSPS) is 13.1.